The van der Waals surface area contributed by atoms with Gasteiger partial charge >= 0.3 is 0 Å². The Morgan fingerprint density at radius 1 is 0.558 bits per heavy atom. The zero-order valence-electron chi connectivity index (χ0n) is 28.3. The van der Waals surface area contributed by atoms with Crippen LogP contribution in [-0.4, -0.2) is 69.1 Å². The van der Waals surface area contributed by atoms with E-state index in [9.17, 15) is 0 Å². The minimum Gasteiger partial charge on any atom is -0.306 e. The molecule has 0 aromatic heterocycles. The Labute approximate surface area is 294 Å². The topological polar surface area (TPSA) is 6.48 Å². The predicted molar refractivity (Wildman–Crippen MR) is 194 cm³/mol. The molecule has 4 aliphatic rings. The van der Waals surface area contributed by atoms with E-state index in [0.717, 1.165) is 23.5 Å². The molecule has 4 fully saturated rings. The fourth-order valence-electron chi connectivity index (χ4n) is 7.35. The Morgan fingerprint density at radius 2 is 0.953 bits per heavy atom. The molecule has 5 rings (SSSR count). The SMILES string of the molecule is C.C.C1CCCC1.C1CCCC1.C[C@H](C1CCCC1)N(C)C.C[C@H](C1CCCC1[P+](C)(C)c1ccccc1)N(C)C.[Fe].[Fe]. The molecule has 2 unspecified atom stereocenters. The van der Waals surface area contributed by atoms with Gasteiger partial charge in [0.2, 0.25) is 0 Å². The smallest absolute Gasteiger partial charge is 0.0936 e. The van der Waals surface area contributed by atoms with Crippen LogP contribution in [0.15, 0.2) is 30.3 Å². The van der Waals surface area contributed by atoms with Crippen LogP contribution in [0, 0.1) is 11.8 Å². The maximum absolute atomic E-state index is 2.55. The monoisotopic (exact) mass is 703 g/mol. The van der Waals surface area contributed by atoms with E-state index in [0.29, 0.717) is 6.04 Å². The molecule has 4 aliphatic carbocycles. The summed E-state index contributed by atoms with van der Waals surface area (Å²) in [4.78, 5) is 4.75. The van der Waals surface area contributed by atoms with Crippen LogP contribution in [0.2, 0.25) is 0 Å². The van der Waals surface area contributed by atoms with Crippen molar-refractivity contribution >= 4 is 12.6 Å². The summed E-state index contributed by atoms with van der Waals surface area (Å²) < 4.78 is 0. The maximum atomic E-state index is 2.55. The van der Waals surface area contributed by atoms with Gasteiger partial charge in [0.05, 0.1) is 24.3 Å². The van der Waals surface area contributed by atoms with Crippen LogP contribution >= 0.6 is 7.26 Å². The third kappa shape index (κ3) is 17.4. The third-order valence-electron chi connectivity index (χ3n) is 10.6. The van der Waals surface area contributed by atoms with Crippen molar-refractivity contribution in [3.63, 3.8) is 0 Å². The van der Waals surface area contributed by atoms with Crippen LogP contribution in [0.1, 0.15) is 138 Å². The van der Waals surface area contributed by atoms with Gasteiger partial charge in [-0.25, -0.2) is 0 Å². The molecular formula is C38H76Fe2N2P+. The average Bonchev–Trinajstić information content (AvgIpc) is 3.77. The van der Waals surface area contributed by atoms with Crippen molar-refractivity contribution in [3.05, 3.63) is 30.3 Å². The van der Waals surface area contributed by atoms with Gasteiger partial charge in [0.1, 0.15) is 0 Å². The van der Waals surface area contributed by atoms with Gasteiger partial charge in [0.25, 0.3) is 0 Å². The van der Waals surface area contributed by atoms with Crippen LogP contribution in [0.25, 0.3) is 0 Å². The molecule has 0 spiro atoms. The standard InChI is InChI=1S/C17H29NP.C9H19N.2C5H10.2CH4.2Fe/c1-14(18(2)3)16-12-9-13-17(16)19(4,5)15-10-7-6-8-11-15;1-8(10(2)3)9-6-4-5-7-9;2*1-2-4-5-3-1;;;;/h6-8,10-11,14,16-17H,9,12-13H2,1-5H3;8-9H,4-7H2,1-3H3;2*1-5H2;2*1H4;;/q+1;;;;;;;/t14-,16?,17?;8-;;;;;;/m11....../s1. The van der Waals surface area contributed by atoms with E-state index < -0.39 is 7.26 Å². The quantitative estimate of drug-likeness (QED) is 0.215. The summed E-state index contributed by atoms with van der Waals surface area (Å²) in [5.41, 5.74) is 0.910. The van der Waals surface area contributed by atoms with E-state index in [1.807, 2.05) is 0 Å². The Bertz CT molecular complexity index is 704. The van der Waals surface area contributed by atoms with Crippen molar-refractivity contribution in [2.75, 3.05) is 41.5 Å². The molecule has 4 atom stereocenters. The second kappa shape index (κ2) is 26.7. The van der Waals surface area contributed by atoms with Crippen LogP contribution in [-0.2, 0) is 34.1 Å². The zero-order valence-corrected chi connectivity index (χ0v) is 31.4. The molecule has 1 aromatic rings. The van der Waals surface area contributed by atoms with E-state index in [1.165, 1.54) is 109 Å². The summed E-state index contributed by atoms with van der Waals surface area (Å²) >= 11 is 0. The Morgan fingerprint density at radius 3 is 1.33 bits per heavy atom. The predicted octanol–water partition coefficient (Wildman–Crippen LogP) is 11.0. The molecule has 258 valence electrons. The Kier molecular flexibility index (Phi) is 29.8. The van der Waals surface area contributed by atoms with Crippen molar-refractivity contribution in [2.45, 2.75) is 156 Å². The van der Waals surface area contributed by atoms with Crippen LogP contribution in [0.3, 0.4) is 0 Å². The minimum atomic E-state index is -1.02. The average molecular weight is 704 g/mol. The second-order valence-corrected chi connectivity index (χ2v) is 18.3. The first-order chi connectivity index (χ1) is 18.7. The number of hydrogen-bond donors (Lipinski definition) is 0. The van der Waals surface area contributed by atoms with Gasteiger partial charge in [-0.15, -0.1) is 0 Å². The van der Waals surface area contributed by atoms with Crippen molar-refractivity contribution < 1.29 is 34.1 Å². The molecule has 0 heterocycles. The van der Waals surface area contributed by atoms with Crippen LogP contribution in [0.5, 0.6) is 0 Å². The minimum absolute atomic E-state index is 0. The number of benzene rings is 1. The Balaban J connectivity index is -0.000000560. The summed E-state index contributed by atoms with van der Waals surface area (Å²) in [6.07, 6.45) is 25.1. The van der Waals surface area contributed by atoms with Crippen LogP contribution in [0.4, 0.5) is 0 Å². The van der Waals surface area contributed by atoms with Gasteiger partial charge in [-0.1, -0.05) is 110 Å². The van der Waals surface area contributed by atoms with E-state index in [4.69, 9.17) is 0 Å². The van der Waals surface area contributed by atoms with E-state index in [2.05, 4.69) is 95.5 Å². The van der Waals surface area contributed by atoms with E-state index in [1.54, 1.807) is 5.30 Å². The van der Waals surface area contributed by atoms with Crippen molar-refractivity contribution in [1.82, 2.24) is 9.80 Å². The summed E-state index contributed by atoms with van der Waals surface area (Å²) in [6.45, 7) is 9.85. The fraction of sp³-hybridized carbons (Fsp3) is 0.842. The third-order valence-corrected chi connectivity index (χ3v) is 14.5. The van der Waals surface area contributed by atoms with Crippen molar-refractivity contribution in [1.29, 1.82) is 0 Å². The van der Waals surface area contributed by atoms with Gasteiger partial charge in [-0.3, -0.25) is 0 Å². The molecule has 0 aliphatic heterocycles. The molecule has 5 heteroatoms. The molecule has 0 bridgehead atoms. The van der Waals surface area contributed by atoms with Crippen LogP contribution < -0.4 is 5.30 Å². The normalized spacial score (nSPS) is 22.6. The van der Waals surface area contributed by atoms with Gasteiger partial charge in [-0.05, 0) is 92.2 Å². The van der Waals surface area contributed by atoms with Crippen molar-refractivity contribution in [2.24, 2.45) is 11.8 Å². The van der Waals surface area contributed by atoms with Crippen molar-refractivity contribution in [3.8, 4) is 0 Å². The Hall–Kier alpha value is 0.609. The first-order valence-corrected chi connectivity index (χ1v) is 19.6. The van der Waals surface area contributed by atoms with E-state index >= 15 is 0 Å². The first kappa shape index (κ1) is 48.0. The molecule has 0 amide bonds. The molecule has 2 nitrogen and oxygen atoms in total. The first-order valence-electron chi connectivity index (χ1n) is 16.9. The van der Waals surface area contributed by atoms with Gasteiger partial charge in [0, 0.05) is 59.4 Å². The number of rotatable bonds is 6. The summed E-state index contributed by atoms with van der Waals surface area (Å²) in [5.74, 6) is 1.86. The fourth-order valence-corrected chi connectivity index (χ4v) is 10.9. The number of hydrogen-bond acceptors (Lipinski definition) is 2. The molecular weight excluding hydrogens is 627 g/mol. The molecule has 0 N–H and O–H groups in total. The number of nitrogens with zero attached hydrogens (tertiary/aromatic N) is 2. The largest absolute Gasteiger partial charge is 0.306 e. The second-order valence-electron chi connectivity index (χ2n) is 14.0. The molecule has 43 heavy (non-hydrogen) atoms. The molecule has 0 radical (unpaired) electrons. The molecule has 4 saturated carbocycles. The zero-order chi connectivity index (χ0) is 28.7. The summed E-state index contributed by atoms with van der Waals surface area (Å²) in [7, 11) is 7.81. The summed E-state index contributed by atoms with van der Waals surface area (Å²) in [5, 5.41) is 1.61. The van der Waals surface area contributed by atoms with Gasteiger partial charge < -0.3 is 9.80 Å². The van der Waals surface area contributed by atoms with Gasteiger partial charge in [-0.2, -0.15) is 0 Å². The van der Waals surface area contributed by atoms with Gasteiger partial charge in [0.15, 0.2) is 0 Å². The molecule has 1 aromatic carbocycles. The molecule has 0 saturated heterocycles. The van der Waals surface area contributed by atoms with E-state index in [-0.39, 0.29) is 49.0 Å². The summed E-state index contributed by atoms with van der Waals surface area (Å²) in [6, 6.07) is 12.7. The maximum Gasteiger partial charge on any atom is 0.0936 e.